The lowest BCUT2D eigenvalue weighted by Crippen LogP contribution is -2.17. The van der Waals surface area contributed by atoms with Crippen LogP contribution in [0.25, 0.3) is 0 Å². The molecule has 10 heavy (non-hydrogen) atoms. The Morgan fingerprint density at radius 3 is 2.30 bits per heavy atom. The summed E-state index contributed by atoms with van der Waals surface area (Å²) in [6.45, 7) is 7.19. The Bertz CT molecular complexity index is 55.7. The standard InChI is InChI=1S/C7H14O.C2H6/c1-2-7-5-3-4-6-8-7;1-2/h7H,2-6H2,1H3;1-2H3. The van der Waals surface area contributed by atoms with E-state index in [1.165, 1.54) is 25.7 Å². The van der Waals surface area contributed by atoms with Crippen LogP contribution < -0.4 is 0 Å². The second-order valence-electron chi connectivity index (χ2n) is 2.40. The highest BCUT2D eigenvalue weighted by Gasteiger charge is 2.09. The van der Waals surface area contributed by atoms with Gasteiger partial charge < -0.3 is 4.74 Å². The molecule has 1 saturated heterocycles. The van der Waals surface area contributed by atoms with E-state index in [4.69, 9.17) is 4.74 Å². The second kappa shape index (κ2) is 7.07. The van der Waals surface area contributed by atoms with Crippen LogP contribution in [0.2, 0.25) is 0 Å². The summed E-state index contributed by atoms with van der Waals surface area (Å²) in [6, 6.07) is 0. The van der Waals surface area contributed by atoms with Crippen molar-refractivity contribution in [2.75, 3.05) is 6.61 Å². The fourth-order valence-corrected chi connectivity index (χ4v) is 1.13. The molecule has 1 fully saturated rings. The highest BCUT2D eigenvalue weighted by atomic mass is 16.5. The molecule has 0 radical (unpaired) electrons. The molecule has 1 nitrogen and oxygen atoms in total. The molecule has 0 aromatic heterocycles. The van der Waals surface area contributed by atoms with Crippen LogP contribution in [0, 0.1) is 0 Å². The Balaban J connectivity index is 0.000000371. The molecule has 1 rings (SSSR count). The first kappa shape index (κ1) is 9.96. The van der Waals surface area contributed by atoms with Crippen molar-refractivity contribution in [1.29, 1.82) is 0 Å². The molecule has 0 saturated carbocycles. The first-order chi connectivity index (χ1) is 4.93. The largest absolute Gasteiger partial charge is 0.378 e. The Morgan fingerprint density at radius 2 is 2.00 bits per heavy atom. The summed E-state index contributed by atoms with van der Waals surface area (Å²) in [7, 11) is 0. The highest BCUT2D eigenvalue weighted by molar-refractivity contribution is 4.60. The molecule has 0 aromatic rings. The van der Waals surface area contributed by atoms with Gasteiger partial charge in [0, 0.05) is 6.61 Å². The third-order valence-electron chi connectivity index (χ3n) is 1.73. The van der Waals surface area contributed by atoms with Crippen molar-refractivity contribution in [2.24, 2.45) is 0 Å². The van der Waals surface area contributed by atoms with Crippen LogP contribution in [-0.4, -0.2) is 12.7 Å². The second-order valence-corrected chi connectivity index (χ2v) is 2.40. The van der Waals surface area contributed by atoms with E-state index >= 15 is 0 Å². The molecule has 1 heteroatoms. The van der Waals surface area contributed by atoms with E-state index in [2.05, 4.69) is 6.92 Å². The SMILES string of the molecule is CC.CCC1CCCCO1. The Morgan fingerprint density at radius 1 is 1.30 bits per heavy atom. The highest BCUT2D eigenvalue weighted by Crippen LogP contribution is 2.14. The minimum absolute atomic E-state index is 0.587. The van der Waals surface area contributed by atoms with Crippen molar-refractivity contribution in [2.45, 2.75) is 52.6 Å². The van der Waals surface area contributed by atoms with Crippen LogP contribution >= 0.6 is 0 Å². The Hall–Kier alpha value is -0.0400. The van der Waals surface area contributed by atoms with E-state index in [9.17, 15) is 0 Å². The number of hydrogen-bond donors (Lipinski definition) is 0. The maximum absolute atomic E-state index is 5.43. The van der Waals surface area contributed by atoms with E-state index in [-0.39, 0.29) is 0 Å². The van der Waals surface area contributed by atoms with Crippen molar-refractivity contribution >= 4 is 0 Å². The zero-order valence-electron chi connectivity index (χ0n) is 7.52. The summed E-state index contributed by atoms with van der Waals surface area (Å²) in [5, 5.41) is 0. The average Bonchev–Trinajstić information content (AvgIpc) is 2.10. The normalized spacial score (nSPS) is 24.9. The van der Waals surface area contributed by atoms with Crippen LogP contribution in [0.3, 0.4) is 0 Å². The maximum Gasteiger partial charge on any atom is 0.0572 e. The summed E-state index contributed by atoms with van der Waals surface area (Å²) in [6.07, 6.45) is 5.72. The zero-order chi connectivity index (χ0) is 7.82. The number of hydrogen-bond acceptors (Lipinski definition) is 1. The maximum atomic E-state index is 5.43. The molecule has 1 heterocycles. The van der Waals surface area contributed by atoms with Crippen molar-refractivity contribution in [3.8, 4) is 0 Å². The third kappa shape index (κ3) is 3.89. The zero-order valence-corrected chi connectivity index (χ0v) is 7.52. The molecular weight excluding hydrogens is 124 g/mol. The summed E-state index contributed by atoms with van der Waals surface area (Å²) < 4.78 is 5.43. The van der Waals surface area contributed by atoms with Crippen LogP contribution in [0.15, 0.2) is 0 Å². The van der Waals surface area contributed by atoms with Gasteiger partial charge in [-0.15, -0.1) is 0 Å². The molecule has 0 bridgehead atoms. The molecule has 1 aliphatic heterocycles. The van der Waals surface area contributed by atoms with Gasteiger partial charge in [0.25, 0.3) is 0 Å². The van der Waals surface area contributed by atoms with Crippen LogP contribution in [0.4, 0.5) is 0 Å². The average molecular weight is 144 g/mol. The van der Waals surface area contributed by atoms with Crippen molar-refractivity contribution in [1.82, 2.24) is 0 Å². The molecule has 1 atom stereocenters. The fraction of sp³-hybridized carbons (Fsp3) is 1.00. The van der Waals surface area contributed by atoms with Crippen LogP contribution in [0.1, 0.15) is 46.5 Å². The molecule has 0 amide bonds. The number of ether oxygens (including phenoxy) is 1. The lowest BCUT2D eigenvalue weighted by molar-refractivity contribution is 0.0143. The first-order valence-electron chi connectivity index (χ1n) is 4.55. The van der Waals surface area contributed by atoms with Gasteiger partial charge in [0.15, 0.2) is 0 Å². The van der Waals surface area contributed by atoms with Gasteiger partial charge in [0.05, 0.1) is 6.10 Å². The smallest absolute Gasteiger partial charge is 0.0572 e. The van der Waals surface area contributed by atoms with Crippen LogP contribution in [0.5, 0.6) is 0 Å². The van der Waals surface area contributed by atoms with Crippen molar-refractivity contribution < 1.29 is 4.74 Å². The molecule has 0 aromatic carbocycles. The monoisotopic (exact) mass is 144 g/mol. The van der Waals surface area contributed by atoms with E-state index in [0.717, 1.165) is 6.61 Å². The van der Waals surface area contributed by atoms with Crippen molar-refractivity contribution in [3.63, 3.8) is 0 Å². The van der Waals surface area contributed by atoms with Gasteiger partial charge in [-0.25, -0.2) is 0 Å². The summed E-state index contributed by atoms with van der Waals surface area (Å²) in [5.74, 6) is 0. The Kier molecular flexibility index (Phi) is 7.04. The molecule has 1 aliphatic rings. The molecule has 1 unspecified atom stereocenters. The predicted molar refractivity (Wildman–Crippen MR) is 45.2 cm³/mol. The quantitative estimate of drug-likeness (QED) is 0.549. The summed E-state index contributed by atoms with van der Waals surface area (Å²) in [5.41, 5.74) is 0. The van der Waals surface area contributed by atoms with E-state index in [1.54, 1.807) is 0 Å². The number of rotatable bonds is 1. The summed E-state index contributed by atoms with van der Waals surface area (Å²) in [4.78, 5) is 0. The Labute approximate surface area is 64.8 Å². The minimum atomic E-state index is 0.587. The molecule has 0 aliphatic carbocycles. The van der Waals surface area contributed by atoms with Gasteiger partial charge in [-0.05, 0) is 25.7 Å². The van der Waals surface area contributed by atoms with E-state index in [1.807, 2.05) is 13.8 Å². The van der Waals surface area contributed by atoms with Crippen molar-refractivity contribution in [3.05, 3.63) is 0 Å². The topological polar surface area (TPSA) is 9.23 Å². The first-order valence-corrected chi connectivity index (χ1v) is 4.55. The lowest BCUT2D eigenvalue weighted by Gasteiger charge is -2.20. The lowest BCUT2D eigenvalue weighted by atomic mass is 10.1. The van der Waals surface area contributed by atoms with E-state index < -0.39 is 0 Å². The van der Waals surface area contributed by atoms with Gasteiger partial charge in [0.1, 0.15) is 0 Å². The van der Waals surface area contributed by atoms with Gasteiger partial charge >= 0.3 is 0 Å². The van der Waals surface area contributed by atoms with Gasteiger partial charge in [-0.2, -0.15) is 0 Å². The molecular formula is C9H20O. The third-order valence-corrected chi connectivity index (χ3v) is 1.73. The minimum Gasteiger partial charge on any atom is -0.378 e. The molecule has 62 valence electrons. The summed E-state index contributed by atoms with van der Waals surface area (Å²) >= 11 is 0. The molecule has 0 N–H and O–H groups in total. The van der Waals surface area contributed by atoms with Gasteiger partial charge in [-0.1, -0.05) is 20.8 Å². The van der Waals surface area contributed by atoms with Gasteiger partial charge in [0.2, 0.25) is 0 Å². The van der Waals surface area contributed by atoms with Crippen LogP contribution in [-0.2, 0) is 4.74 Å². The molecule has 0 spiro atoms. The predicted octanol–water partition coefficient (Wildman–Crippen LogP) is 2.99. The van der Waals surface area contributed by atoms with E-state index in [0.29, 0.717) is 6.10 Å². The van der Waals surface area contributed by atoms with Gasteiger partial charge in [-0.3, -0.25) is 0 Å². The fourth-order valence-electron chi connectivity index (χ4n) is 1.13.